The van der Waals surface area contributed by atoms with Gasteiger partial charge in [0.25, 0.3) is 0 Å². The summed E-state index contributed by atoms with van der Waals surface area (Å²) in [6.07, 6.45) is 1.90. The van der Waals surface area contributed by atoms with Crippen molar-refractivity contribution >= 4 is 27.5 Å². The van der Waals surface area contributed by atoms with Crippen molar-refractivity contribution in [2.75, 3.05) is 6.54 Å². The molecule has 0 spiro atoms. The van der Waals surface area contributed by atoms with Gasteiger partial charge in [0.15, 0.2) is 4.67 Å². The normalized spacial score (nSPS) is 12.6. The molecule has 108 valence electrons. The number of furan rings is 1. The molecule has 2 aromatic rings. The Balaban J connectivity index is 2.18. The molecule has 1 aromatic heterocycles. The van der Waals surface area contributed by atoms with Crippen molar-refractivity contribution in [2.45, 2.75) is 32.7 Å². The fraction of sp³-hybridized carbons (Fsp3) is 0.375. The maximum atomic E-state index is 6.33. The summed E-state index contributed by atoms with van der Waals surface area (Å²) in [5.74, 6) is 0.932. The third-order valence-electron chi connectivity index (χ3n) is 3.21. The van der Waals surface area contributed by atoms with Crippen LogP contribution in [-0.4, -0.2) is 6.54 Å². The lowest BCUT2D eigenvalue weighted by molar-refractivity contribution is 0.400. The molecule has 1 heterocycles. The van der Waals surface area contributed by atoms with E-state index in [0.29, 0.717) is 0 Å². The van der Waals surface area contributed by atoms with E-state index in [4.69, 9.17) is 16.0 Å². The molecule has 4 heteroatoms. The molecule has 0 aliphatic rings. The summed E-state index contributed by atoms with van der Waals surface area (Å²) in [5.41, 5.74) is 2.32. The average Bonchev–Trinajstić information content (AvgIpc) is 2.83. The Morgan fingerprint density at radius 3 is 2.70 bits per heavy atom. The fourth-order valence-corrected chi connectivity index (χ4v) is 2.78. The highest BCUT2D eigenvalue weighted by molar-refractivity contribution is 9.10. The lowest BCUT2D eigenvalue weighted by Gasteiger charge is -2.17. The van der Waals surface area contributed by atoms with Crippen LogP contribution >= 0.6 is 27.5 Å². The lowest BCUT2D eigenvalue weighted by Crippen LogP contribution is -2.23. The summed E-state index contributed by atoms with van der Waals surface area (Å²) in [6, 6.07) is 10.3. The highest BCUT2D eigenvalue weighted by Crippen LogP contribution is 2.27. The van der Waals surface area contributed by atoms with Gasteiger partial charge in [0.05, 0.1) is 6.04 Å². The molecule has 20 heavy (non-hydrogen) atoms. The molecule has 0 fully saturated rings. The Bertz CT molecular complexity index is 567. The van der Waals surface area contributed by atoms with Gasteiger partial charge in [-0.15, -0.1) is 0 Å². The standard InChI is InChI=1S/C16H19BrClNO/c1-3-8-19-14(15-6-7-16(17)20-15)10-12-5-4-11(2)9-13(12)18/h4-7,9,14,19H,3,8,10H2,1-2H3. The summed E-state index contributed by atoms with van der Waals surface area (Å²) < 4.78 is 6.44. The number of benzene rings is 1. The SMILES string of the molecule is CCCNC(Cc1ccc(C)cc1Cl)c1ccc(Br)o1. The van der Waals surface area contributed by atoms with Crippen LogP contribution in [0.1, 0.15) is 36.3 Å². The van der Waals surface area contributed by atoms with Crippen molar-refractivity contribution in [3.63, 3.8) is 0 Å². The minimum Gasteiger partial charge on any atom is -0.453 e. The van der Waals surface area contributed by atoms with Crippen LogP contribution in [0.25, 0.3) is 0 Å². The van der Waals surface area contributed by atoms with E-state index in [-0.39, 0.29) is 6.04 Å². The van der Waals surface area contributed by atoms with Gasteiger partial charge in [-0.3, -0.25) is 0 Å². The molecular weight excluding hydrogens is 338 g/mol. The molecule has 0 saturated heterocycles. The van der Waals surface area contributed by atoms with Crippen molar-refractivity contribution in [1.29, 1.82) is 0 Å². The van der Waals surface area contributed by atoms with Gasteiger partial charge in [0, 0.05) is 5.02 Å². The maximum absolute atomic E-state index is 6.33. The van der Waals surface area contributed by atoms with Gasteiger partial charge < -0.3 is 9.73 Å². The van der Waals surface area contributed by atoms with E-state index in [2.05, 4.69) is 40.3 Å². The Morgan fingerprint density at radius 2 is 2.10 bits per heavy atom. The molecule has 1 atom stereocenters. The summed E-state index contributed by atoms with van der Waals surface area (Å²) in [7, 11) is 0. The third-order valence-corrected chi connectivity index (χ3v) is 3.99. The predicted molar refractivity (Wildman–Crippen MR) is 87.3 cm³/mol. The van der Waals surface area contributed by atoms with Crippen LogP contribution in [0.3, 0.4) is 0 Å². The van der Waals surface area contributed by atoms with Crippen LogP contribution in [-0.2, 0) is 6.42 Å². The van der Waals surface area contributed by atoms with E-state index >= 15 is 0 Å². The molecule has 0 amide bonds. The molecule has 1 aromatic carbocycles. The number of nitrogens with one attached hydrogen (secondary N) is 1. The van der Waals surface area contributed by atoms with Gasteiger partial charge in [-0.05, 0) is 71.6 Å². The van der Waals surface area contributed by atoms with Gasteiger partial charge in [0.1, 0.15) is 5.76 Å². The molecule has 2 rings (SSSR count). The van der Waals surface area contributed by atoms with E-state index in [9.17, 15) is 0 Å². The van der Waals surface area contributed by atoms with Crippen molar-refractivity contribution in [1.82, 2.24) is 5.32 Å². The summed E-state index contributed by atoms with van der Waals surface area (Å²) in [4.78, 5) is 0. The summed E-state index contributed by atoms with van der Waals surface area (Å²) >= 11 is 9.69. The van der Waals surface area contributed by atoms with Crippen LogP contribution in [0.15, 0.2) is 39.4 Å². The van der Waals surface area contributed by atoms with Crippen LogP contribution in [0, 0.1) is 6.92 Å². The van der Waals surface area contributed by atoms with Crippen molar-refractivity contribution < 1.29 is 4.42 Å². The first kappa shape index (κ1) is 15.6. The number of rotatable bonds is 6. The summed E-state index contributed by atoms with van der Waals surface area (Å²) in [5, 5.41) is 4.33. The number of hydrogen-bond donors (Lipinski definition) is 1. The minimum absolute atomic E-state index is 0.140. The quantitative estimate of drug-likeness (QED) is 0.761. The molecule has 0 aliphatic heterocycles. The first-order valence-corrected chi connectivity index (χ1v) is 8.01. The van der Waals surface area contributed by atoms with Gasteiger partial charge in [-0.25, -0.2) is 0 Å². The topological polar surface area (TPSA) is 25.2 Å². The lowest BCUT2D eigenvalue weighted by atomic mass is 10.0. The summed E-state index contributed by atoms with van der Waals surface area (Å²) in [6.45, 7) is 5.15. The monoisotopic (exact) mass is 355 g/mol. The van der Waals surface area contributed by atoms with E-state index < -0.39 is 0 Å². The van der Waals surface area contributed by atoms with Crippen LogP contribution in [0.2, 0.25) is 5.02 Å². The van der Waals surface area contributed by atoms with E-state index in [1.807, 2.05) is 25.1 Å². The molecule has 0 saturated carbocycles. The Labute approximate surface area is 133 Å². The zero-order valence-electron chi connectivity index (χ0n) is 11.7. The second-order valence-corrected chi connectivity index (χ2v) is 6.14. The molecule has 1 N–H and O–H groups in total. The highest BCUT2D eigenvalue weighted by Gasteiger charge is 2.16. The zero-order valence-corrected chi connectivity index (χ0v) is 14.1. The average molecular weight is 357 g/mol. The third kappa shape index (κ3) is 4.11. The van der Waals surface area contributed by atoms with Gasteiger partial charge >= 0.3 is 0 Å². The second-order valence-electron chi connectivity index (χ2n) is 4.95. The fourth-order valence-electron chi connectivity index (χ4n) is 2.15. The first-order chi connectivity index (χ1) is 9.60. The number of hydrogen-bond acceptors (Lipinski definition) is 2. The Hall–Kier alpha value is -0.770. The van der Waals surface area contributed by atoms with Gasteiger partial charge in [-0.1, -0.05) is 30.7 Å². The van der Waals surface area contributed by atoms with Crippen molar-refractivity contribution in [3.05, 3.63) is 56.9 Å². The highest BCUT2D eigenvalue weighted by atomic mass is 79.9. The van der Waals surface area contributed by atoms with Gasteiger partial charge in [0.2, 0.25) is 0 Å². The molecule has 0 bridgehead atoms. The minimum atomic E-state index is 0.140. The second kappa shape index (κ2) is 7.30. The largest absolute Gasteiger partial charge is 0.453 e. The number of aryl methyl sites for hydroxylation is 1. The molecule has 0 aliphatic carbocycles. The van der Waals surface area contributed by atoms with E-state index in [0.717, 1.165) is 40.4 Å². The van der Waals surface area contributed by atoms with E-state index in [1.54, 1.807) is 0 Å². The Kier molecular flexibility index (Phi) is 5.70. The van der Waals surface area contributed by atoms with Crippen LogP contribution < -0.4 is 5.32 Å². The van der Waals surface area contributed by atoms with Crippen LogP contribution in [0.5, 0.6) is 0 Å². The van der Waals surface area contributed by atoms with Crippen molar-refractivity contribution in [3.8, 4) is 0 Å². The maximum Gasteiger partial charge on any atom is 0.169 e. The van der Waals surface area contributed by atoms with Crippen LogP contribution in [0.4, 0.5) is 0 Å². The smallest absolute Gasteiger partial charge is 0.169 e. The molecule has 1 unspecified atom stereocenters. The van der Waals surface area contributed by atoms with Crippen molar-refractivity contribution in [2.24, 2.45) is 0 Å². The predicted octanol–water partition coefficient (Wildman–Crippen LogP) is 5.29. The van der Waals surface area contributed by atoms with Gasteiger partial charge in [-0.2, -0.15) is 0 Å². The number of halogens is 2. The van der Waals surface area contributed by atoms with E-state index in [1.165, 1.54) is 5.56 Å². The molecule has 0 radical (unpaired) electrons. The molecule has 2 nitrogen and oxygen atoms in total. The zero-order chi connectivity index (χ0) is 14.5. The first-order valence-electron chi connectivity index (χ1n) is 6.83. The Morgan fingerprint density at radius 1 is 1.30 bits per heavy atom. The molecular formula is C16H19BrClNO.